The van der Waals surface area contributed by atoms with Crippen LogP contribution in [-0.4, -0.2) is 19.9 Å². The van der Waals surface area contributed by atoms with Crippen LogP contribution in [0.1, 0.15) is 5.56 Å². The number of hydrogen-bond acceptors (Lipinski definition) is 6. The van der Waals surface area contributed by atoms with Crippen LogP contribution in [0, 0.1) is 17.0 Å². The third kappa shape index (κ3) is 2.65. The summed E-state index contributed by atoms with van der Waals surface area (Å²) in [5.74, 6) is -0.100. The molecular formula is C13H11N5O2S. The van der Waals surface area contributed by atoms with Crippen LogP contribution in [0.25, 0.3) is 11.0 Å². The quantitative estimate of drug-likeness (QED) is 0.568. The maximum absolute atomic E-state index is 10.7. The Labute approximate surface area is 123 Å². The molecule has 0 atom stereocenters. The number of aromatic amines is 1. The minimum Gasteiger partial charge on any atom is -0.378 e. The fourth-order valence-corrected chi connectivity index (χ4v) is 2.69. The molecule has 0 saturated carbocycles. The molecule has 0 aliphatic carbocycles. The molecule has 0 aliphatic rings. The number of aryl methyl sites for hydroxylation is 1. The number of H-pyrrole nitrogens is 1. The number of rotatable bonds is 3. The maximum Gasteiger partial charge on any atom is 0.311 e. The Balaban J connectivity index is 1.91. The standard InChI is InChI=1S/C13H11N5O2S/c1-7-2-3-8-9(6-7)16-13(15-8)21-11-5-4-10(18(19)20)12(14)17-11/h2-6H,1H3,(H2,14,17)(H,15,16). The zero-order valence-corrected chi connectivity index (χ0v) is 11.8. The van der Waals surface area contributed by atoms with Gasteiger partial charge in [0.05, 0.1) is 16.0 Å². The molecule has 106 valence electrons. The Bertz CT molecular complexity index is 846. The van der Waals surface area contributed by atoms with Gasteiger partial charge in [-0.3, -0.25) is 10.1 Å². The van der Waals surface area contributed by atoms with Gasteiger partial charge in [-0.15, -0.1) is 0 Å². The van der Waals surface area contributed by atoms with Gasteiger partial charge < -0.3 is 10.7 Å². The first-order valence-electron chi connectivity index (χ1n) is 6.08. The van der Waals surface area contributed by atoms with Gasteiger partial charge in [0.1, 0.15) is 5.03 Å². The van der Waals surface area contributed by atoms with Crippen LogP contribution < -0.4 is 5.73 Å². The maximum atomic E-state index is 10.7. The van der Waals surface area contributed by atoms with E-state index in [2.05, 4.69) is 15.0 Å². The number of pyridine rings is 1. The van der Waals surface area contributed by atoms with Crippen LogP contribution in [0.5, 0.6) is 0 Å². The smallest absolute Gasteiger partial charge is 0.311 e. The summed E-state index contributed by atoms with van der Waals surface area (Å²) in [5.41, 5.74) is 8.32. The van der Waals surface area contributed by atoms with E-state index >= 15 is 0 Å². The molecule has 21 heavy (non-hydrogen) atoms. The molecule has 1 aromatic carbocycles. The predicted molar refractivity (Wildman–Crippen MR) is 80.3 cm³/mol. The first-order chi connectivity index (χ1) is 10.0. The van der Waals surface area contributed by atoms with E-state index in [1.54, 1.807) is 6.07 Å². The topological polar surface area (TPSA) is 111 Å². The summed E-state index contributed by atoms with van der Waals surface area (Å²) < 4.78 is 0. The van der Waals surface area contributed by atoms with Gasteiger partial charge in [-0.2, -0.15) is 0 Å². The third-order valence-corrected chi connectivity index (χ3v) is 3.71. The molecule has 3 aromatic rings. The number of nitro groups is 1. The Kier molecular flexibility index (Phi) is 3.22. The van der Waals surface area contributed by atoms with Gasteiger partial charge in [-0.1, -0.05) is 6.07 Å². The third-order valence-electron chi connectivity index (χ3n) is 2.89. The number of imidazole rings is 1. The molecule has 0 radical (unpaired) electrons. The molecule has 2 aromatic heterocycles. The summed E-state index contributed by atoms with van der Waals surface area (Å²) in [6, 6.07) is 8.82. The minimum atomic E-state index is -0.555. The van der Waals surface area contributed by atoms with E-state index in [-0.39, 0.29) is 11.5 Å². The first kappa shape index (κ1) is 13.4. The second-order valence-electron chi connectivity index (χ2n) is 4.48. The first-order valence-corrected chi connectivity index (χ1v) is 6.90. The fourth-order valence-electron chi connectivity index (χ4n) is 1.91. The van der Waals surface area contributed by atoms with Crippen molar-refractivity contribution in [2.45, 2.75) is 17.1 Å². The van der Waals surface area contributed by atoms with Gasteiger partial charge in [0.15, 0.2) is 5.16 Å². The molecular weight excluding hydrogens is 290 g/mol. The van der Waals surface area contributed by atoms with Gasteiger partial charge in [0.2, 0.25) is 5.82 Å². The number of aromatic nitrogens is 3. The normalized spacial score (nSPS) is 10.9. The van der Waals surface area contributed by atoms with Gasteiger partial charge in [-0.25, -0.2) is 9.97 Å². The van der Waals surface area contributed by atoms with Crippen molar-refractivity contribution in [2.24, 2.45) is 0 Å². The summed E-state index contributed by atoms with van der Waals surface area (Å²) in [6.07, 6.45) is 0. The van der Waals surface area contributed by atoms with Crippen molar-refractivity contribution in [3.8, 4) is 0 Å². The molecule has 0 spiro atoms. The summed E-state index contributed by atoms with van der Waals surface area (Å²) in [7, 11) is 0. The molecule has 7 nitrogen and oxygen atoms in total. The molecule has 0 fully saturated rings. The number of anilines is 1. The Morgan fingerprint density at radius 3 is 2.81 bits per heavy atom. The van der Waals surface area contributed by atoms with E-state index in [4.69, 9.17) is 5.73 Å². The van der Waals surface area contributed by atoms with E-state index in [1.165, 1.54) is 17.8 Å². The zero-order chi connectivity index (χ0) is 15.0. The number of nitrogens with zero attached hydrogens (tertiary/aromatic N) is 3. The van der Waals surface area contributed by atoms with E-state index in [0.717, 1.165) is 16.6 Å². The van der Waals surface area contributed by atoms with E-state index in [9.17, 15) is 10.1 Å². The second kappa shape index (κ2) is 5.06. The van der Waals surface area contributed by atoms with Crippen LogP contribution in [0.15, 0.2) is 40.5 Å². The SMILES string of the molecule is Cc1ccc2nc(Sc3ccc([N+](=O)[O-])c(N)n3)[nH]c2c1. The average Bonchev–Trinajstić information content (AvgIpc) is 2.79. The Hall–Kier alpha value is -2.61. The largest absolute Gasteiger partial charge is 0.378 e. The average molecular weight is 301 g/mol. The van der Waals surface area contributed by atoms with E-state index in [0.29, 0.717) is 10.2 Å². The van der Waals surface area contributed by atoms with Gasteiger partial charge >= 0.3 is 5.69 Å². The zero-order valence-electron chi connectivity index (χ0n) is 11.0. The van der Waals surface area contributed by atoms with Crippen molar-refractivity contribution in [3.05, 3.63) is 46.0 Å². The summed E-state index contributed by atoms with van der Waals surface area (Å²) >= 11 is 1.27. The lowest BCUT2D eigenvalue weighted by atomic mass is 10.2. The highest BCUT2D eigenvalue weighted by molar-refractivity contribution is 7.99. The number of nitrogens with one attached hydrogen (secondary N) is 1. The fraction of sp³-hybridized carbons (Fsp3) is 0.0769. The van der Waals surface area contributed by atoms with Gasteiger partial charge in [0, 0.05) is 6.07 Å². The molecule has 0 bridgehead atoms. The van der Waals surface area contributed by atoms with Crippen molar-refractivity contribution in [1.29, 1.82) is 0 Å². The lowest BCUT2D eigenvalue weighted by Gasteiger charge is -1.99. The van der Waals surface area contributed by atoms with Crippen LogP contribution in [-0.2, 0) is 0 Å². The number of nitrogens with two attached hydrogens (primary N) is 1. The lowest BCUT2D eigenvalue weighted by Crippen LogP contribution is -1.98. The summed E-state index contributed by atoms with van der Waals surface area (Å²) in [4.78, 5) is 21.8. The predicted octanol–water partition coefficient (Wildman–Crippen LogP) is 2.91. The highest BCUT2D eigenvalue weighted by Crippen LogP contribution is 2.29. The lowest BCUT2D eigenvalue weighted by molar-refractivity contribution is -0.384. The molecule has 0 amide bonds. The van der Waals surface area contributed by atoms with Gasteiger partial charge in [0.25, 0.3) is 0 Å². The Morgan fingerprint density at radius 2 is 2.10 bits per heavy atom. The van der Waals surface area contributed by atoms with Crippen molar-refractivity contribution in [2.75, 3.05) is 5.73 Å². The molecule has 3 rings (SSSR count). The van der Waals surface area contributed by atoms with E-state index in [1.807, 2.05) is 25.1 Å². The number of fused-ring (bicyclic) bond motifs is 1. The molecule has 8 heteroatoms. The number of hydrogen-bond donors (Lipinski definition) is 2. The second-order valence-corrected chi connectivity index (χ2v) is 5.48. The minimum absolute atomic E-state index is 0.100. The van der Waals surface area contributed by atoms with Crippen LogP contribution in [0.2, 0.25) is 0 Å². The Morgan fingerprint density at radius 1 is 1.29 bits per heavy atom. The number of benzene rings is 1. The molecule has 0 unspecified atom stereocenters. The van der Waals surface area contributed by atoms with Crippen LogP contribution >= 0.6 is 11.8 Å². The highest BCUT2D eigenvalue weighted by atomic mass is 32.2. The van der Waals surface area contributed by atoms with Crippen molar-refractivity contribution in [1.82, 2.24) is 15.0 Å². The number of nitrogen functional groups attached to an aromatic ring is 1. The summed E-state index contributed by atoms with van der Waals surface area (Å²) in [5, 5.41) is 11.9. The van der Waals surface area contributed by atoms with Gasteiger partial charge in [-0.05, 0) is 42.4 Å². The highest BCUT2D eigenvalue weighted by Gasteiger charge is 2.14. The van der Waals surface area contributed by atoms with E-state index < -0.39 is 4.92 Å². The van der Waals surface area contributed by atoms with Crippen molar-refractivity contribution >= 4 is 34.3 Å². The van der Waals surface area contributed by atoms with Crippen LogP contribution in [0.4, 0.5) is 11.5 Å². The molecule has 0 saturated heterocycles. The van der Waals surface area contributed by atoms with Crippen molar-refractivity contribution in [3.63, 3.8) is 0 Å². The molecule has 3 N–H and O–H groups in total. The van der Waals surface area contributed by atoms with Crippen molar-refractivity contribution < 1.29 is 4.92 Å². The molecule has 0 aliphatic heterocycles. The monoisotopic (exact) mass is 301 g/mol. The van der Waals surface area contributed by atoms with Crippen LogP contribution in [0.3, 0.4) is 0 Å². The molecule has 2 heterocycles. The summed E-state index contributed by atoms with van der Waals surface area (Å²) in [6.45, 7) is 2.01.